The predicted octanol–water partition coefficient (Wildman–Crippen LogP) is 5.60. The highest BCUT2D eigenvalue weighted by Gasteiger charge is 2.52. The van der Waals surface area contributed by atoms with E-state index in [4.69, 9.17) is 32.9 Å². The summed E-state index contributed by atoms with van der Waals surface area (Å²) in [5.41, 5.74) is -2.54. The van der Waals surface area contributed by atoms with Crippen molar-refractivity contribution in [3.8, 4) is 17.6 Å². The fourth-order valence-corrected chi connectivity index (χ4v) is 11.6. The third-order valence-corrected chi connectivity index (χ3v) is 15.4. The Morgan fingerprint density at radius 3 is 1.84 bits per heavy atom. The number of benzene rings is 3. The predicted molar refractivity (Wildman–Crippen MR) is 270 cm³/mol. The molecule has 2 fully saturated rings. The van der Waals surface area contributed by atoms with E-state index in [0.717, 1.165) is 27.3 Å². The first-order valence-corrected chi connectivity index (χ1v) is 25.2. The molecule has 2 aromatic heterocycles. The highest BCUT2D eigenvalue weighted by Crippen LogP contribution is 2.50. The molecule has 19 nitrogen and oxygen atoms in total. The van der Waals surface area contributed by atoms with Gasteiger partial charge in [0.05, 0.1) is 33.0 Å². The van der Waals surface area contributed by atoms with Crippen LogP contribution in [0.5, 0.6) is 11.5 Å². The maximum absolute atomic E-state index is 17.4. The molecule has 9 atom stereocenters. The molecular weight excluding hydrogens is 965 g/mol. The molecule has 3 aromatic carbocycles. The number of nitrogens with zero attached hydrogens (tertiary/aromatic N) is 5. The second-order valence-corrected chi connectivity index (χ2v) is 20.2. The van der Waals surface area contributed by atoms with Gasteiger partial charge in [0, 0.05) is 62.1 Å². The van der Waals surface area contributed by atoms with Crippen LogP contribution in [0.4, 0.5) is 4.39 Å². The summed E-state index contributed by atoms with van der Waals surface area (Å²) in [5.74, 6) is 0.370. The van der Waals surface area contributed by atoms with Crippen molar-refractivity contribution in [2.24, 2.45) is 5.92 Å². The molecule has 73 heavy (non-hydrogen) atoms. The Balaban J connectivity index is 1.21. The van der Waals surface area contributed by atoms with Crippen LogP contribution in [0.1, 0.15) is 76.1 Å². The van der Waals surface area contributed by atoms with E-state index in [1.54, 1.807) is 21.3 Å². The fraction of sp³-hybridized carbons (Fsp3) is 0.481. The number of likely N-dealkylation sites (N-methyl/N-ethyl adjacent to an activating group) is 1. The first-order chi connectivity index (χ1) is 35.0. The van der Waals surface area contributed by atoms with E-state index in [0.29, 0.717) is 17.9 Å². The van der Waals surface area contributed by atoms with E-state index in [1.807, 2.05) is 116 Å². The lowest BCUT2D eigenvalue weighted by Gasteiger charge is -2.43. The summed E-state index contributed by atoms with van der Waals surface area (Å²) in [6.45, 7) is 7.87. The van der Waals surface area contributed by atoms with E-state index in [-0.39, 0.29) is 38.6 Å². The molecule has 2 saturated heterocycles. The van der Waals surface area contributed by atoms with Gasteiger partial charge in [0.1, 0.15) is 35.4 Å². The SMILES string of the molecule is COc1ccc(C(OC[C@H]2O[C@@H](n3ccc(=O)[nH]c3=O)[C@H](F)[C@@H]2CCN(C)C[C@H]2O[C@@H](n3ccc(=O)[nH]c3=O)[C@H](OC)[C@@H]2OP(O)N(C(C)C)C(C)(C)CCC#N)(c2ccccc2)c2ccc(OC)cc2)cc1. The lowest BCUT2D eigenvalue weighted by atomic mass is 9.80. The molecular formula is C52H65FN7O12P. The lowest BCUT2D eigenvalue weighted by Crippen LogP contribution is -2.47. The van der Waals surface area contributed by atoms with Crippen molar-refractivity contribution in [2.45, 2.75) is 107 Å². The summed E-state index contributed by atoms with van der Waals surface area (Å²) in [6.07, 6.45) is -4.68. The Morgan fingerprint density at radius 1 is 0.795 bits per heavy atom. The van der Waals surface area contributed by atoms with Gasteiger partial charge in [-0.2, -0.15) is 5.26 Å². The zero-order valence-corrected chi connectivity index (χ0v) is 43.1. The zero-order valence-electron chi connectivity index (χ0n) is 42.3. The van der Waals surface area contributed by atoms with Gasteiger partial charge < -0.3 is 42.7 Å². The summed E-state index contributed by atoms with van der Waals surface area (Å²) < 4.78 is 65.3. The van der Waals surface area contributed by atoms with Crippen LogP contribution in [0.15, 0.2) is 123 Å². The van der Waals surface area contributed by atoms with E-state index < -0.39 is 91.1 Å². The van der Waals surface area contributed by atoms with Gasteiger partial charge in [0.15, 0.2) is 18.6 Å². The number of halogens is 1. The van der Waals surface area contributed by atoms with Crippen LogP contribution in [0.3, 0.4) is 0 Å². The first-order valence-electron chi connectivity index (χ1n) is 24.1. The molecule has 5 aromatic rings. The van der Waals surface area contributed by atoms with E-state index >= 15 is 4.39 Å². The quantitative estimate of drug-likeness (QED) is 0.0535. The molecule has 4 heterocycles. The van der Waals surface area contributed by atoms with Gasteiger partial charge in [-0.25, -0.2) is 18.6 Å². The molecule has 7 rings (SSSR count). The number of alkyl halides is 1. The number of methoxy groups -OCH3 is 3. The largest absolute Gasteiger partial charge is 0.497 e. The third kappa shape index (κ3) is 12.1. The molecule has 2 aliphatic heterocycles. The molecule has 0 radical (unpaired) electrons. The summed E-state index contributed by atoms with van der Waals surface area (Å²) in [5, 5.41) is 9.41. The van der Waals surface area contributed by atoms with Crippen LogP contribution in [0.25, 0.3) is 0 Å². The molecule has 0 spiro atoms. The van der Waals surface area contributed by atoms with Crippen LogP contribution >= 0.6 is 8.53 Å². The Hall–Kier alpha value is -5.85. The molecule has 0 bridgehead atoms. The van der Waals surface area contributed by atoms with Crippen LogP contribution in [0, 0.1) is 17.2 Å². The average Bonchev–Trinajstić information content (AvgIpc) is 3.87. The van der Waals surface area contributed by atoms with Crippen molar-refractivity contribution in [3.05, 3.63) is 162 Å². The summed E-state index contributed by atoms with van der Waals surface area (Å²) >= 11 is 0. The molecule has 0 saturated carbocycles. The number of rotatable bonds is 23. The Kier molecular flexibility index (Phi) is 18.1. The van der Waals surface area contributed by atoms with Gasteiger partial charge in [0.25, 0.3) is 19.6 Å². The van der Waals surface area contributed by atoms with Crippen molar-refractivity contribution in [1.29, 1.82) is 5.26 Å². The molecule has 0 aliphatic carbocycles. The first kappa shape index (κ1) is 54.9. The van der Waals surface area contributed by atoms with Gasteiger partial charge in [-0.15, -0.1) is 0 Å². The highest BCUT2D eigenvalue weighted by molar-refractivity contribution is 7.43. The summed E-state index contributed by atoms with van der Waals surface area (Å²) in [4.78, 5) is 69.0. The van der Waals surface area contributed by atoms with Crippen LogP contribution in [-0.2, 0) is 29.1 Å². The molecule has 0 amide bonds. The van der Waals surface area contributed by atoms with Crippen LogP contribution in [-0.4, -0.2) is 124 Å². The number of H-pyrrole nitrogens is 2. The van der Waals surface area contributed by atoms with Gasteiger partial charge in [0.2, 0.25) is 0 Å². The number of hydrogen-bond donors (Lipinski definition) is 3. The minimum atomic E-state index is -2.36. The molecule has 2 aliphatic rings. The lowest BCUT2D eigenvalue weighted by molar-refractivity contribution is -0.0882. The number of nitrogens with one attached hydrogen (secondary N) is 2. The Bertz CT molecular complexity index is 2830. The van der Waals surface area contributed by atoms with Gasteiger partial charge in [-0.1, -0.05) is 54.6 Å². The molecule has 21 heteroatoms. The molecule has 1 unspecified atom stereocenters. The zero-order chi connectivity index (χ0) is 52.6. The van der Waals surface area contributed by atoms with Crippen LogP contribution in [0.2, 0.25) is 0 Å². The fourth-order valence-electron chi connectivity index (χ4n) is 10.0. The van der Waals surface area contributed by atoms with Crippen LogP contribution < -0.4 is 32.0 Å². The number of nitriles is 1. The van der Waals surface area contributed by atoms with Gasteiger partial charge in [-0.05, 0) is 95.1 Å². The summed E-state index contributed by atoms with van der Waals surface area (Å²) in [7, 11) is 4.04. The third-order valence-electron chi connectivity index (χ3n) is 13.6. The Morgan fingerprint density at radius 2 is 1.33 bits per heavy atom. The van der Waals surface area contributed by atoms with Crippen molar-refractivity contribution in [1.82, 2.24) is 28.7 Å². The number of aromatic nitrogens is 4. The van der Waals surface area contributed by atoms with E-state index in [1.165, 1.54) is 30.1 Å². The number of hydrogen-bond acceptors (Lipinski definition) is 15. The van der Waals surface area contributed by atoms with Crippen molar-refractivity contribution in [3.63, 3.8) is 0 Å². The van der Waals surface area contributed by atoms with E-state index in [2.05, 4.69) is 16.0 Å². The number of aromatic amines is 2. The van der Waals surface area contributed by atoms with Gasteiger partial charge >= 0.3 is 11.4 Å². The molecule has 392 valence electrons. The van der Waals surface area contributed by atoms with E-state index in [9.17, 15) is 29.3 Å². The normalized spacial score (nSPS) is 22.7. The Labute approximate surface area is 423 Å². The number of ether oxygens (including phenoxy) is 6. The second kappa shape index (κ2) is 24.0. The van der Waals surface area contributed by atoms with Gasteiger partial charge in [-0.3, -0.25) is 28.7 Å². The highest BCUT2D eigenvalue weighted by atomic mass is 31.2. The standard InChI is InChI=1S/C52H65FN7O12P/c1-33(2)60(51(3,4)26-12-27-54)73(65)72-45-40(70-48(46(45)68-8)59-30-25-43(62)56-50(59)64)31-57(5)28-23-39-41(71-47(44(39)53)58-29-24-42(61)55-49(58)63)32-69-52(34-13-10-9-11-14-34,35-15-19-37(66-6)20-16-35)36-17-21-38(67-7)22-18-36/h9-11,13-22,24-25,29-30,33,39-41,44-48,65H,12,23,26,28,31-32H2,1-8H3,(H,55,61,63)(H,56,62,64)/t39-,40-,41-,44-,45-,46-,47-,48-,73?/m1/s1. The van der Waals surface area contributed by atoms with Crippen molar-refractivity contribution < 1.29 is 42.2 Å². The topological polar surface area (TPSA) is 225 Å². The van der Waals surface area contributed by atoms with Crippen molar-refractivity contribution >= 4 is 8.53 Å². The smallest absolute Gasteiger partial charge is 0.330 e. The summed E-state index contributed by atoms with van der Waals surface area (Å²) in [6, 6.07) is 28.8. The van der Waals surface area contributed by atoms with Crippen molar-refractivity contribution in [2.75, 3.05) is 48.1 Å². The monoisotopic (exact) mass is 1030 g/mol. The maximum Gasteiger partial charge on any atom is 0.330 e. The minimum Gasteiger partial charge on any atom is -0.497 e. The maximum atomic E-state index is 17.4. The average molecular weight is 1030 g/mol. The minimum absolute atomic E-state index is 0.127. The molecule has 3 N–H and O–H groups in total. The second-order valence-electron chi connectivity index (χ2n) is 19.1.